The number of fused-ring (bicyclic) bond motifs is 1. The number of hydrogen-bond donors (Lipinski definition) is 1. The summed E-state index contributed by atoms with van der Waals surface area (Å²) in [4.78, 5) is 0. The minimum absolute atomic E-state index is 0.115. The van der Waals surface area contributed by atoms with Crippen LogP contribution in [0.15, 0.2) is 36.4 Å². The van der Waals surface area contributed by atoms with Gasteiger partial charge in [-0.05, 0) is 60.7 Å². The molecule has 1 N–H and O–H groups in total. The molecular formula is C17H17F2N. The van der Waals surface area contributed by atoms with Gasteiger partial charge in [0.1, 0.15) is 0 Å². The largest absolute Gasteiger partial charge is 0.309 e. The zero-order valence-electron chi connectivity index (χ0n) is 11.4. The monoisotopic (exact) mass is 273 g/mol. The molecule has 0 aliphatic heterocycles. The van der Waals surface area contributed by atoms with Gasteiger partial charge in [0.2, 0.25) is 0 Å². The average Bonchev–Trinajstić information content (AvgIpc) is 2.91. The Morgan fingerprint density at radius 1 is 0.900 bits per heavy atom. The second-order valence-electron chi connectivity index (χ2n) is 5.28. The maximum Gasteiger partial charge on any atom is 0.159 e. The van der Waals surface area contributed by atoms with E-state index in [1.165, 1.54) is 29.7 Å². The molecule has 0 spiro atoms. The zero-order chi connectivity index (χ0) is 14.1. The van der Waals surface area contributed by atoms with Crippen LogP contribution < -0.4 is 5.32 Å². The SMILES string of the molecule is CNC(c1ccc(F)c(F)c1)c1ccc2c(c1)CCC2. The van der Waals surface area contributed by atoms with Gasteiger partial charge in [-0.15, -0.1) is 0 Å². The van der Waals surface area contributed by atoms with E-state index in [2.05, 4.69) is 23.5 Å². The molecule has 1 unspecified atom stereocenters. The molecule has 1 aliphatic rings. The Balaban J connectivity index is 1.98. The highest BCUT2D eigenvalue weighted by molar-refractivity contribution is 5.40. The maximum atomic E-state index is 13.4. The molecule has 2 aromatic rings. The molecule has 0 aromatic heterocycles. The van der Waals surface area contributed by atoms with Crippen LogP contribution in [-0.4, -0.2) is 7.05 Å². The molecule has 3 rings (SSSR count). The summed E-state index contributed by atoms with van der Waals surface area (Å²) >= 11 is 0. The van der Waals surface area contributed by atoms with Gasteiger partial charge in [-0.25, -0.2) is 8.78 Å². The summed E-state index contributed by atoms with van der Waals surface area (Å²) < 4.78 is 26.5. The van der Waals surface area contributed by atoms with Gasteiger partial charge in [-0.3, -0.25) is 0 Å². The van der Waals surface area contributed by atoms with Crippen molar-refractivity contribution in [2.24, 2.45) is 0 Å². The summed E-state index contributed by atoms with van der Waals surface area (Å²) in [6.45, 7) is 0. The number of benzene rings is 2. The molecule has 2 aromatic carbocycles. The first-order valence-electron chi connectivity index (χ1n) is 6.93. The Morgan fingerprint density at radius 2 is 1.60 bits per heavy atom. The Morgan fingerprint density at radius 3 is 2.35 bits per heavy atom. The lowest BCUT2D eigenvalue weighted by molar-refractivity contribution is 0.505. The van der Waals surface area contributed by atoms with Gasteiger partial charge in [-0.1, -0.05) is 24.3 Å². The van der Waals surface area contributed by atoms with E-state index >= 15 is 0 Å². The highest BCUT2D eigenvalue weighted by atomic mass is 19.2. The van der Waals surface area contributed by atoms with Crippen LogP contribution in [0.2, 0.25) is 0 Å². The van der Waals surface area contributed by atoms with Gasteiger partial charge in [-0.2, -0.15) is 0 Å². The van der Waals surface area contributed by atoms with Crippen LogP contribution in [0.1, 0.15) is 34.7 Å². The second-order valence-corrected chi connectivity index (χ2v) is 5.28. The number of rotatable bonds is 3. The predicted molar refractivity (Wildman–Crippen MR) is 75.7 cm³/mol. The van der Waals surface area contributed by atoms with Crippen LogP contribution in [0, 0.1) is 11.6 Å². The van der Waals surface area contributed by atoms with Gasteiger partial charge >= 0.3 is 0 Å². The third kappa shape index (κ3) is 2.34. The number of aryl methyl sites for hydroxylation is 2. The summed E-state index contributed by atoms with van der Waals surface area (Å²) in [5.41, 5.74) is 4.63. The first-order chi connectivity index (χ1) is 9.69. The predicted octanol–water partition coefficient (Wildman–Crippen LogP) is 3.76. The smallest absolute Gasteiger partial charge is 0.159 e. The van der Waals surface area contributed by atoms with Crippen LogP contribution in [0.5, 0.6) is 0 Å². The van der Waals surface area contributed by atoms with E-state index in [1.54, 1.807) is 6.07 Å². The quantitative estimate of drug-likeness (QED) is 0.897. The summed E-state index contributed by atoms with van der Waals surface area (Å²) in [7, 11) is 1.83. The fraction of sp³-hybridized carbons (Fsp3) is 0.294. The topological polar surface area (TPSA) is 12.0 Å². The lowest BCUT2D eigenvalue weighted by Crippen LogP contribution is -2.18. The van der Waals surface area contributed by atoms with Gasteiger partial charge in [0.05, 0.1) is 6.04 Å². The number of halogens is 2. The van der Waals surface area contributed by atoms with Crippen LogP contribution >= 0.6 is 0 Å². The lowest BCUT2D eigenvalue weighted by Gasteiger charge is -2.18. The Kier molecular flexibility index (Phi) is 3.53. The van der Waals surface area contributed by atoms with Crippen LogP contribution in [0.3, 0.4) is 0 Å². The van der Waals surface area contributed by atoms with E-state index in [4.69, 9.17) is 0 Å². The molecule has 0 saturated heterocycles. The molecule has 1 nitrogen and oxygen atoms in total. The molecule has 3 heteroatoms. The zero-order valence-corrected chi connectivity index (χ0v) is 11.4. The highest BCUT2D eigenvalue weighted by Gasteiger charge is 2.17. The van der Waals surface area contributed by atoms with Gasteiger partial charge in [0, 0.05) is 0 Å². The Bertz CT molecular complexity index is 637. The molecule has 1 aliphatic carbocycles. The molecule has 0 bridgehead atoms. The van der Waals surface area contributed by atoms with E-state index in [0.29, 0.717) is 0 Å². The molecule has 20 heavy (non-hydrogen) atoms. The van der Waals surface area contributed by atoms with Crippen molar-refractivity contribution in [3.8, 4) is 0 Å². The third-order valence-electron chi connectivity index (χ3n) is 4.02. The third-order valence-corrected chi connectivity index (χ3v) is 4.02. The standard InChI is InChI=1S/C17H17F2N/c1-20-17(14-7-8-15(18)16(19)10-14)13-6-5-11-3-2-4-12(11)9-13/h5-10,17,20H,2-4H2,1H3. The molecule has 0 heterocycles. The molecular weight excluding hydrogens is 256 g/mol. The maximum absolute atomic E-state index is 13.4. The van der Waals surface area contributed by atoms with E-state index < -0.39 is 11.6 Å². The van der Waals surface area contributed by atoms with Crippen molar-refractivity contribution in [2.75, 3.05) is 7.05 Å². The van der Waals surface area contributed by atoms with Crippen molar-refractivity contribution in [1.82, 2.24) is 5.32 Å². The fourth-order valence-corrected chi connectivity index (χ4v) is 2.99. The van der Waals surface area contributed by atoms with Crippen molar-refractivity contribution >= 4 is 0 Å². The van der Waals surface area contributed by atoms with Gasteiger partial charge < -0.3 is 5.32 Å². The minimum atomic E-state index is -0.808. The molecule has 0 radical (unpaired) electrons. The summed E-state index contributed by atoms with van der Waals surface area (Å²) in [5.74, 6) is -1.61. The van der Waals surface area contributed by atoms with Crippen molar-refractivity contribution in [3.63, 3.8) is 0 Å². The first kappa shape index (κ1) is 13.3. The average molecular weight is 273 g/mol. The number of nitrogens with one attached hydrogen (secondary N) is 1. The second kappa shape index (κ2) is 5.33. The molecule has 0 amide bonds. The van der Waals surface area contributed by atoms with E-state index in [1.807, 2.05) is 7.05 Å². The van der Waals surface area contributed by atoms with Crippen LogP contribution in [0.4, 0.5) is 8.78 Å². The van der Waals surface area contributed by atoms with Crippen LogP contribution in [-0.2, 0) is 12.8 Å². The van der Waals surface area contributed by atoms with E-state index in [9.17, 15) is 8.78 Å². The Labute approximate surface area is 117 Å². The summed E-state index contributed by atoms with van der Waals surface area (Å²) in [6.07, 6.45) is 3.45. The highest BCUT2D eigenvalue weighted by Crippen LogP contribution is 2.28. The summed E-state index contributed by atoms with van der Waals surface area (Å²) in [6, 6.07) is 10.4. The van der Waals surface area contributed by atoms with Crippen molar-refractivity contribution in [1.29, 1.82) is 0 Å². The van der Waals surface area contributed by atoms with Crippen molar-refractivity contribution in [2.45, 2.75) is 25.3 Å². The van der Waals surface area contributed by atoms with E-state index in [-0.39, 0.29) is 6.04 Å². The molecule has 1 atom stereocenters. The van der Waals surface area contributed by atoms with Gasteiger partial charge in [0.25, 0.3) is 0 Å². The van der Waals surface area contributed by atoms with Crippen molar-refractivity contribution in [3.05, 3.63) is 70.3 Å². The van der Waals surface area contributed by atoms with Gasteiger partial charge in [0.15, 0.2) is 11.6 Å². The van der Waals surface area contributed by atoms with Crippen molar-refractivity contribution < 1.29 is 8.78 Å². The molecule has 0 saturated carbocycles. The normalized spacial score (nSPS) is 15.2. The first-order valence-corrected chi connectivity index (χ1v) is 6.93. The number of hydrogen-bond acceptors (Lipinski definition) is 1. The summed E-state index contributed by atoms with van der Waals surface area (Å²) in [5, 5.41) is 3.18. The fourth-order valence-electron chi connectivity index (χ4n) is 2.99. The minimum Gasteiger partial charge on any atom is -0.309 e. The van der Waals surface area contributed by atoms with Crippen LogP contribution in [0.25, 0.3) is 0 Å². The Hall–Kier alpha value is -1.74. The lowest BCUT2D eigenvalue weighted by atomic mass is 9.95. The molecule has 0 fully saturated rings. The van der Waals surface area contributed by atoms with E-state index in [0.717, 1.165) is 24.0 Å². The molecule has 104 valence electrons.